The molecule has 1 heterocycles. The Morgan fingerprint density at radius 2 is 1.96 bits per heavy atom. The Labute approximate surface area is 155 Å². The molecule has 1 aliphatic heterocycles. The highest BCUT2D eigenvalue weighted by Gasteiger charge is 2.35. The SMILES string of the molecule is COC(=O)[C@H]1CCCN1C(=O)c1ccc(Nc2ccccc2)c([N+](=O)[O-])c1. The number of anilines is 2. The second-order valence-corrected chi connectivity index (χ2v) is 6.16. The first-order valence-electron chi connectivity index (χ1n) is 8.50. The van der Waals surface area contributed by atoms with Gasteiger partial charge in [-0.2, -0.15) is 0 Å². The summed E-state index contributed by atoms with van der Waals surface area (Å²) in [4.78, 5) is 37.0. The summed E-state index contributed by atoms with van der Waals surface area (Å²) in [6, 6.07) is 12.6. The van der Waals surface area contributed by atoms with Crippen molar-refractivity contribution in [3.8, 4) is 0 Å². The van der Waals surface area contributed by atoms with E-state index in [-0.39, 0.29) is 16.9 Å². The number of carbonyl (C=O) groups excluding carboxylic acids is 2. The van der Waals surface area contributed by atoms with Gasteiger partial charge in [-0.3, -0.25) is 14.9 Å². The Kier molecular flexibility index (Phi) is 5.35. The van der Waals surface area contributed by atoms with Crippen LogP contribution in [0.15, 0.2) is 48.5 Å². The third-order valence-corrected chi connectivity index (χ3v) is 4.48. The van der Waals surface area contributed by atoms with Crippen LogP contribution in [-0.4, -0.2) is 41.4 Å². The molecule has 3 rings (SSSR count). The summed E-state index contributed by atoms with van der Waals surface area (Å²) >= 11 is 0. The number of nitrogens with one attached hydrogen (secondary N) is 1. The minimum Gasteiger partial charge on any atom is -0.467 e. The number of carbonyl (C=O) groups is 2. The second-order valence-electron chi connectivity index (χ2n) is 6.16. The number of nitrogens with zero attached hydrogens (tertiary/aromatic N) is 2. The van der Waals surface area contributed by atoms with E-state index in [0.717, 1.165) is 0 Å². The number of amides is 1. The van der Waals surface area contributed by atoms with Gasteiger partial charge < -0.3 is 15.0 Å². The van der Waals surface area contributed by atoms with Gasteiger partial charge >= 0.3 is 5.97 Å². The number of ether oxygens (including phenoxy) is 1. The van der Waals surface area contributed by atoms with E-state index in [1.165, 1.54) is 30.2 Å². The zero-order valence-electron chi connectivity index (χ0n) is 14.8. The van der Waals surface area contributed by atoms with E-state index in [9.17, 15) is 19.7 Å². The van der Waals surface area contributed by atoms with E-state index in [1.807, 2.05) is 18.2 Å². The summed E-state index contributed by atoms with van der Waals surface area (Å²) in [5.41, 5.74) is 0.938. The lowest BCUT2D eigenvalue weighted by molar-refractivity contribution is -0.383. The average Bonchev–Trinajstić information content (AvgIpc) is 3.17. The molecule has 0 aromatic heterocycles. The molecule has 8 nitrogen and oxygen atoms in total. The molecule has 1 amide bonds. The summed E-state index contributed by atoms with van der Waals surface area (Å²) in [5.74, 6) is -0.894. The van der Waals surface area contributed by atoms with E-state index in [1.54, 1.807) is 12.1 Å². The zero-order chi connectivity index (χ0) is 19.4. The Balaban J connectivity index is 1.88. The summed E-state index contributed by atoms with van der Waals surface area (Å²) in [6.45, 7) is 0.413. The quantitative estimate of drug-likeness (QED) is 0.494. The third kappa shape index (κ3) is 3.89. The van der Waals surface area contributed by atoms with Gasteiger partial charge in [0.05, 0.1) is 12.0 Å². The summed E-state index contributed by atoms with van der Waals surface area (Å²) in [5, 5.41) is 14.5. The zero-order valence-corrected chi connectivity index (χ0v) is 14.8. The molecule has 2 aromatic carbocycles. The number of para-hydroxylation sites is 1. The van der Waals surface area contributed by atoms with Gasteiger partial charge in [-0.15, -0.1) is 0 Å². The monoisotopic (exact) mass is 369 g/mol. The van der Waals surface area contributed by atoms with Crippen LogP contribution in [0.2, 0.25) is 0 Å². The van der Waals surface area contributed by atoms with Crippen LogP contribution in [0.5, 0.6) is 0 Å². The fourth-order valence-electron chi connectivity index (χ4n) is 3.16. The molecule has 0 aliphatic carbocycles. The Hall–Kier alpha value is -3.42. The van der Waals surface area contributed by atoms with E-state index >= 15 is 0 Å². The minimum absolute atomic E-state index is 0.163. The van der Waals surface area contributed by atoms with Gasteiger partial charge in [0.25, 0.3) is 11.6 Å². The average molecular weight is 369 g/mol. The number of nitro benzene ring substituents is 1. The van der Waals surface area contributed by atoms with Crippen LogP contribution in [0.4, 0.5) is 17.1 Å². The van der Waals surface area contributed by atoms with Crippen LogP contribution in [0, 0.1) is 10.1 Å². The minimum atomic E-state index is -0.649. The molecule has 140 valence electrons. The molecular formula is C19H19N3O5. The molecule has 0 unspecified atom stereocenters. The van der Waals surface area contributed by atoms with Crippen molar-refractivity contribution in [2.45, 2.75) is 18.9 Å². The lowest BCUT2D eigenvalue weighted by Crippen LogP contribution is -2.41. The molecule has 1 atom stereocenters. The Morgan fingerprint density at radius 1 is 1.22 bits per heavy atom. The molecule has 1 aliphatic rings. The lowest BCUT2D eigenvalue weighted by Gasteiger charge is -2.22. The molecule has 1 saturated heterocycles. The second kappa shape index (κ2) is 7.86. The number of likely N-dealkylation sites (tertiary alicyclic amines) is 1. The largest absolute Gasteiger partial charge is 0.467 e. The van der Waals surface area contributed by atoms with Crippen LogP contribution < -0.4 is 5.32 Å². The standard InChI is InChI=1S/C19H19N3O5/c1-27-19(24)16-8-5-11-21(16)18(23)13-9-10-15(17(12-13)22(25)26)20-14-6-3-2-4-7-14/h2-4,6-7,9-10,12,16,20H,5,8,11H2,1H3/t16-/m1/s1. The number of benzene rings is 2. The topological polar surface area (TPSA) is 102 Å². The predicted octanol–water partition coefficient (Wildman–Crippen LogP) is 3.12. The van der Waals surface area contributed by atoms with E-state index in [2.05, 4.69) is 5.32 Å². The number of hydrogen-bond acceptors (Lipinski definition) is 6. The van der Waals surface area contributed by atoms with Crippen molar-refractivity contribution in [1.29, 1.82) is 0 Å². The highest BCUT2D eigenvalue weighted by molar-refractivity contribution is 5.98. The van der Waals surface area contributed by atoms with Gasteiger partial charge in [-0.1, -0.05) is 18.2 Å². The molecular weight excluding hydrogens is 350 g/mol. The molecule has 1 N–H and O–H groups in total. The maximum absolute atomic E-state index is 12.8. The lowest BCUT2D eigenvalue weighted by atomic mass is 10.1. The van der Waals surface area contributed by atoms with Crippen LogP contribution in [0.3, 0.4) is 0 Å². The maximum Gasteiger partial charge on any atom is 0.328 e. The van der Waals surface area contributed by atoms with Gasteiger partial charge in [0.1, 0.15) is 11.7 Å². The fourth-order valence-corrected chi connectivity index (χ4v) is 3.16. The first-order chi connectivity index (χ1) is 13.0. The number of esters is 1. The van der Waals surface area contributed by atoms with E-state index in [0.29, 0.717) is 25.1 Å². The van der Waals surface area contributed by atoms with Crippen molar-refractivity contribution in [2.24, 2.45) is 0 Å². The molecule has 0 saturated carbocycles. The highest BCUT2D eigenvalue weighted by Crippen LogP contribution is 2.30. The van der Waals surface area contributed by atoms with Crippen molar-refractivity contribution >= 4 is 28.9 Å². The molecule has 0 spiro atoms. The van der Waals surface area contributed by atoms with Gasteiger partial charge in [0.15, 0.2) is 0 Å². The number of methoxy groups -OCH3 is 1. The van der Waals surface area contributed by atoms with E-state index < -0.39 is 22.8 Å². The van der Waals surface area contributed by atoms with Crippen LogP contribution >= 0.6 is 0 Å². The van der Waals surface area contributed by atoms with Crippen molar-refractivity contribution < 1.29 is 19.2 Å². The van der Waals surface area contributed by atoms with Gasteiger partial charge in [-0.05, 0) is 37.1 Å². The first kappa shape index (κ1) is 18.4. The normalized spacial score (nSPS) is 16.0. The molecule has 1 fully saturated rings. The first-order valence-corrected chi connectivity index (χ1v) is 8.50. The van der Waals surface area contributed by atoms with Crippen molar-refractivity contribution in [1.82, 2.24) is 4.90 Å². The summed E-state index contributed by atoms with van der Waals surface area (Å²) in [7, 11) is 1.28. The smallest absolute Gasteiger partial charge is 0.328 e. The Bertz CT molecular complexity index is 869. The molecule has 0 radical (unpaired) electrons. The fraction of sp³-hybridized carbons (Fsp3) is 0.263. The molecule has 8 heteroatoms. The molecule has 0 bridgehead atoms. The van der Waals surface area contributed by atoms with Crippen molar-refractivity contribution in [3.05, 3.63) is 64.2 Å². The van der Waals surface area contributed by atoms with Crippen LogP contribution in [0.25, 0.3) is 0 Å². The Morgan fingerprint density at radius 3 is 2.63 bits per heavy atom. The van der Waals surface area contributed by atoms with Crippen molar-refractivity contribution in [3.63, 3.8) is 0 Å². The van der Waals surface area contributed by atoms with Crippen LogP contribution in [0.1, 0.15) is 23.2 Å². The van der Waals surface area contributed by atoms with Gasteiger partial charge in [0, 0.05) is 23.9 Å². The number of nitro groups is 1. The number of hydrogen-bond donors (Lipinski definition) is 1. The van der Waals surface area contributed by atoms with Gasteiger partial charge in [-0.25, -0.2) is 4.79 Å². The molecule has 2 aromatic rings. The van der Waals surface area contributed by atoms with Gasteiger partial charge in [0.2, 0.25) is 0 Å². The summed E-state index contributed by atoms with van der Waals surface area (Å²) in [6.07, 6.45) is 1.20. The summed E-state index contributed by atoms with van der Waals surface area (Å²) < 4.78 is 4.75. The molecule has 27 heavy (non-hydrogen) atoms. The highest BCUT2D eigenvalue weighted by atomic mass is 16.6. The van der Waals surface area contributed by atoms with Crippen LogP contribution in [-0.2, 0) is 9.53 Å². The van der Waals surface area contributed by atoms with E-state index in [4.69, 9.17) is 4.74 Å². The maximum atomic E-state index is 12.8. The number of rotatable bonds is 5. The van der Waals surface area contributed by atoms with Crippen molar-refractivity contribution in [2.75, 3.05) is 19.0 Å². The predicted molar refractivity (Wildman–Crippen MR) is 98.9 cm³/mol. The third-order valence-electron chi connectivity index (χ3n) is 4.48.